The summed E-state index contributed by atoms with van der Waals surface area (Å²) >= 11 is 1.67. The molecule has 4 nitrogen and oxygen atoms in total. The molecule has 4 rings (SSSR count). The summed E-state index contributed by atoms with van der Waals surface area (Å²) in [7, 11) is 0. The molecule has 138 valence electrons. The molecular formula is C22H22N2O2S. The second-order valence-corrected chi connectivity index (χ2v) is 7.66. The van der Waals surface area contributed by atoms with Gasteiger partial charge in [0, 0.05) is 23.9 Å². The van der Waals surface area contributed by atoms with Gasteiger partial charge in [0.25, 0.3) is 5.91 Å². The molecule has 1 amide bonds. The third kappa shape index (κ3) is 3.60. The Morgan fingerprint density at radius 3 is 2.78 bits per heavy atom. The van der Waals surface area contributed by atoms with Crippen LogP contribution in [-0.4, -0.2) is 23.5 Å². The summed E-state index contributed by atoms with van der Waals surface area (Å²) in [5.41, 5.74) is 4.05. The van der Waals surface area contributed by atoms with E-state index in [9.17, 15) is 4.79 Å². The van der Waals surface area contributed by atoms with Crippen molar-refractivity contribution in [2.45, 2.75) is 32.8 Å². The number of anilines is 1. The van der Waals surface area contributed by atoms with Crippen molar-refractivity contribution in [3.63, 3.8) is 0 Å². The third-order valence-corrected chi connectivity index (χ3v) is 5.51. The van der Waals surface area contributed by atoms with Crippen LogP contribution >= 0.6 is 11.3 Å². The third-order valence-electron chi connectivity index (χ3n) is 4.66. The summed E-state index contributed by atoms with van der Waals surface area (Å²) < 4.78 is 5.79. The van der Waals surface area contributed by atoms with Gasteiger partial charge in [-0.1, -0.05) is 37.3 Å². The van der Waals surface area contributed by atoms with Gasteiger partial charge in [0.1, 0.15) is 5.75 Å². The summed E-state index contributed by atoms with van der Waals surface area (Å²) in [4.78, 5) is 19.2. The van der Waals surface area contributed by atoms with Crippen LogP contribution in [0.5, 0.6) is 5.75 Å². The van der Waals surface area contributed by atoms with E-state index >= 15 is 0 Å². The lowest BCUT2D eigenvalue weighted by atomic mass is 10.1. The molecule has 1 aliphatic heterocycles. The van der Waals surface area contributed by atoms with Crippen molar-refractivity contribution < 1.29 is 9.53 Å². The molecule has 0 saturated heterocycles. The Morgan fingerprint density at radius 1 is 1.19 bits per heavy atom. The molecule has 1 aliphatic rings. The maximum absolute atomic E-state index is 12.5. The molecule has 0 aliphatic carbocycles. The molecule has 3 aromatic rings. The summed E-state index contributed by atoms with van der Waals surface area (Å²) in [6.07, 6.45) is 1.30. The summed E-state index contributed by atoms with van der Waals surface area (Å²) in [6, 6.07) is 16.4. The van der Waals surface area contributed by atoms with Crippen LogP contribution in [-0.2, 0) is 11.2 Å². The van der Waals surface area contributed by atoms with Gasteiger partial charge in [-0.25, -0.2) is 4.98 Å². The van der Waals surface area contributed by atoms with E-state index in [1.807, 2.05) is 41.3 Å². The smallest absolute Gasteiger partial charge is 0.267 e. The SMILES string of the molecule is CCCN1C(=O)C(C)Oc2ccc(-c3csc(Cc4ccccc4)n3)cc21. The summed E-state index contributed by atoms with van der Waals surface area (Å²) in [5.74, 6) is 0.781. The van der Waals surface area contributed by atoms with E-state index in [0.717, 1.165) is 40.5 Å². The molecule has 0 fully saturated rings. The predicted molar refractivity (Wildman–Crippen MR) is 110 cm³/mol. The number of thiazole rings is 1. The number of benzene rings is 2. The van der Waals surface area contributed by atoms with Crippen molar-refractivity contribution in [2.75, 3.05) is 11.4 Å². The first kappa shape index (κ1) is 17.7. The van der Waals surface area contributed by atoms with Crippen molar-refractivity contribution in [3.8, 4) is 17.0 Å². The number of hydrogen-bond donors (Lipinski definition) is 0. The number of ether oxygens (including phenoxy) is 1. The Hall–Kier alpha value is -2.66. The highest BCUT2D eigenvalue weighted by molar-refractivity contribution is 7.10. The lowest BCUT2D eigenvalue weighted by Crippen LogP contribution is -2.44. The van der Waals surface area contributed by atoms with Gasteiger partial charge in [-0.05, 0) is 37.1 Å². The van der Waals surface area contributed by atoms with Gasteiger partial charge in [-0.2, -0.15) is 0 Å². The Kier molecular flexibility index (Phi) is 4.94. The lowest BCUT2D eigenvalue weighted by Gasteiger charge is -2.33. The average Bonchev–Trinajstić information content (AvgIpc) is 3.14. The number of nitrogens with zero attached hydrogens (tertiary/aromatic N) is 2. The molecule has 5 heteroatoms. The van der Waals surface area contributed by atoms with Gasteiger partial charge in [0.15, 0.2) is 6.10 Å². The number of carbonyl (C=O) groups is 1. The van der Waals surface area contributed by atoms with Gasteiger partial charge in [0.2, 0.25) is 0 Å². The number of rotatable bonds is 5. The molecule has 1 atom stereocenters. The quantitative estimate of drug-likeness (QED) is 0.632. The minimum Gasteiger partial charge on any atom is -0.479 e. The second kappa shape index (κ2) is 7.53. The molecule has 0 bridgehead atoms. The first-order chi connectivity index (χ1) is 13.2. The normalized spacial score (nSPS) is 16.1. The van der Waals surface area contributed by atoms with Crippen LogP contribution < -0.4 is 9.64 Å². The van der Waals surface area contributed by atoms with Gasteiger partial charge in [-0.3, -0.25) is 4.79 Å². The number of carbonyl (C=O) groups excluding carboxylic acids is 1. The molecule has 0 saturated carbocycles. The minimum absolute atomic E-state index is 0.0181. The molecule has 2 heterocycles. The Balaban J connectivity index is 1.63. The highest BCUT2D eigenvalue weighted by atomic mass is 32.1. The molecule has 1 unspecified atom stereocenters. The van der Waals surface area contributed by atoms with E-state index in [-0.39, 0.29) is 5.91 Å². The van der Waals surface area contributed by atoms with Crippen molar-refractivity contribution in [3.05, 3.63) is 64.5 Å². The first-order valence-corrected chi connectivity index (χ1v) is 10.1. The van der Waals surface area contributed by atoms with Crippen LogP contribution in [0.15, 0.2) is 53.9 Å². The standard InChI is InChI=1S/C22H22N2O2S/c1-3-11-24-19-13-17(9-10-20(19)26-15(2)22(24)25)18-14-27-21(23-18)12-16-7-5-4-6-8-16/h4-10,13-15H,3,11-12H2,1-2H3. The van der Waals surface area contributed by atoms with E-state index < -0.39 is 6.10 Å². The Bertz CT molecular complexity index is 952. The topological polar surface area (TPSA) is 42.4 Å². The average molecular weight is 378 g/mol. The molecule has 0 spiro atoms. The fraction of sp³-hybridized carbons (Fsp3) is 0.273. The van der Waals surface area contributed by atoms with Crippen LogP contribution in [0, 0.1) is 0 Å². The maximum Gasteiger partial charge on any atom is 0.267 e. The van der Waals surface area contributed by atoms with Crippen LogP contribution in [0.1, 0.15) is 30.8 Å². The first-order valence-electron chi connectivity index (χ1n) is 9.26. The Morgan fingerprint density at radius 2 is 2.00 bits per heavy atom. The summed E-state index contributed by atoms with van der Waals surface area (Å²) in [6.45, 7) is 4.57. The van der Waals surface area contributed by atoms with E-state index in [4.69, 9.17) is 9.72 Å². The highest BCUT2D eigenvalue weighted by Gasteiger charge is 2.31. The van der Waals surface area contributed by atoms with E-state index in [1.165, 1.54) is 5.56 Å². The van der Waals surface area contributed by atoms with E-state index in [1.54, 1.807) is 18.3 Å². The summed E-state index contributed by atoms with van der Waals surface area (Å²) in [5, 5.41) is 3.17. The fourth-order valence-electron chi connectivity index (χ4n) is 3.32. The molecule has 27 heavy (non-hydrogen) atoms. The van der Waals surface area contributed by atoms with Gasteiger partial charge in [-0.15, -0.1) is 11.3 Å². The van der Waals surface area contributed by atoms with Crippen LogP contribution in [0.4, 0.5) is 5.69 Å². The molecule has 0 radical (unpaired) electrons. The van der Waals surface area contributed by atoms with E-state index in [2.05, 4.69) is 24.4 Å². The van der Waals surface area contributed by atoms with Crippen molar-refractivity contribution in [1.29, 1.82) is 0 Å². The number of aromatic nitrogens is 1. The van der Waals surface area contributed by atoms with Crippen LogP contribution in [0.25, 0.3) is 11.3 Å². The molecule has 1 aromatic heterocycles. The molecule has 0 N–H and O–H groups in total. The fourth-order valence-corrected chi connectivity index (χ4v) is 4.15. The van der Waals surface area contributed by atoms with Crippen molar-refractivity contribution in [2.24, 2.45) is 0 Å². The molecular weight excluding hydrogens is 356 g/mol. The Labute approximate surface area is 163 Å². The minimum atomic E-state index is -0.438. The largest absolute Gasteiger partial charge is 0.479 e. The number of hydrogen-bond acceptors (Lipinski definition) is 4. The zero-order valence-corrected chi connectivity index (χ0v) is 16.3. The van der Waals surface area contributed by atoms with Crippen LogP contribution in [0.2, 0.25) is 0 Å². The highest BCUT2D eigenvalue weighted by Crippen LogP contribution is 2.38. The monoisotopic (exact) mass is 378 g/mol. The van der Waals surface area contributed by atoms with Gasteiger partial charge >= 0.3 is 0 Å². The van der Waals surface area contributed by atoms with Gasteiger partial charge in [0.05, 0.1) is 16.4 Å². The van der Waals surface area contributed by atoms with Crippen molar-refractivity contribution in [1.82, 2.24) is 4.98 Å². The van der Waals surface area contributed by atoms with Gasteiger partial charge < -0.3 is 9.64 Å². The maximum atomic E-state index is 12.5. The van der Waals surface area contributed by atoms with Crippen LogP contribution in [0.3, 0.4) is 0 Å². The lowest BCUT2D eigenvalue weighted by molar-refractivity contribution is -0.125. The number of amides is 1. The molecule has 2 aromatic carbocycles. The second-order valence-electron chi connectivity index (χ2n) is 6.72. The zero-order valence-electron chi connectivity index (χ0n) is 15.5. The number of fused-ring (bicyclic) bond motifs is 1. The van der Waals surface area contributed by atoms with E-state index in [0.29, 0.717) is 6.54 Å². The predicted octanol–water partition coefficient (Wildman–Crippen LogP) is 4.92. The zero-order chi connectivity index (χ0) is 18.8. The van der Waals surface area contributed by atoms with Crippen molar-refractivity contribution >= 4 is 22.9 Å².